The highest BCUT2D eigenvalue weighted by molar-refractivity contribution is 5.76. The minimum absolute atomic E-state index is 0.181. The van der Waals surface area contributed by atoms with Gasteiger partial charge in [0.2, 0.25) is 5.91 Å². The van der Waals surface area contributed by atoms with Gasteiger partial charge in [-0.3, -0.25) is 4.79 Å². The number of unbranched alkanes of at least 4 members (excludes halogenated alkanes) is 36. The lowest BCUT2D eigenvalue weighted by Gasteiger charge is -2.40. The van der Waals surface area contributed by atoms with Crippen molar-refractivity contribution in [2.24, 2.45) is 0 Å². The van der Waals surface area contributed by atoms with Crippen LogP contribution >= 0.6 is 0 Å². The molecule has 9 nitrogen and oxygen atoms in total. The molecule has 6 N–H and O–H groups in total. The molecular weight excluding hydrogens is 1100 g/mol. The molecule has 89 heavy (non-hydrogen) atoms. The van der Waals surface area contributed by atoms with Crippen LogP contribution in [-0.2, 0) is 14.3 Å². The first-order chi connectivity index (χ1) is 43.8. The first-order valence-corrected chi connectivity index (χ1v) is 37.3. The number of rotatable bonds is 64. The summed E-state index contributed by atoms with van der Waals surface area (Å²) in [4.78, 5) is 13.2. The van der Waals surface area contributed by atoms with Gasteiger partial charge in [0.25, 0.3) is 0 Å². The van der Waals surface area contributed by atoms with Gasteiger partial charge in [-0.1, -0.05) is 347 Å². The standard InChI is InChI=1S/C80H139NO8/c1-3-5-7-9-11-13-15-17-19-21-23-25-27-29-31-32-33-34-35-36-37-38-39-40-41-42-44-46-48-50-52-54-56-58-60-62-64-66-68-70-76(84)81-73(72-88-80-79(87)78(86)77(85)75(71-82)89-80)74(83)69-67-65-63-61-59-57-55-53-51-49-47-45-43-30-28-26-24-22-20-18-16-14-12-10-8-6-4-2/h5,7,11,13,17,19,23,25,29,31,33-34,36-37,39-40,42,44,67,69,73-75,77-80,82-83,85-87H,3-4,6,8-10,12,14-16,18,20-22,24,26-28,30,32,35,38,41,43,45-66,68,70-72H2,1-2H3,(H,81,84)/b7-5-,13-11-,19-17-,25-23-,31-29-,34-33-,37-36-,40-39-,44-42-,69-67+. The normalized spacial score (nSPS) is 18.6. The zero-order chi connectivity index (χ0) is 64.2. The summed E-state index contributed by atoms with van der Waals surface area (Å²) < 4.78 is 11.3. The van der Waals surface area contributed by atoms with E-state index in [0.717, 1.165) is 103 Å². The highest BCUT2D eigenvalue weighted by Gasteiger charge is 2.44. The molecule has 0 aliphatic carbocycles. The maximum Gasteiger partial charge on any atom is 0.220 e. The minimum Gasteiger partial charge on any atom is -0.394 e. The Hall–Kier alpha value is -3.41. The number of nitrogens with one attached hydrogen (secondary N) is 1. The predicted octanol–water partition coefficient (Wildman–Crippen LogP) is 21.0. The summed E-state index contributed by atoms with van der Waals surface area (Å²) in [7, 11) is 0. The predicted molar refractivity (Wildman–Crippen MR) is 382 cm³/mol. The van der Waals surface area contributed by atoms with Gasteiger partial charge in [-0.05, 0) is 89.9 Å². The molecule has 0 aromatic rings. The van der Waals surface area contributed by atoms with Crippen LogP contribution in [0, 0.1) is 0 Å². The van der Waals surface area contributed by atoms with Crippen LogP contribution in [0.15, 0.2) is 122 Å². The van der Waals surface area contributed by atoms with Crippen LogP contribution < -0.4 is 5.32 Å². The van der Waals surface area contributed by atoms with Crippen molar-refractivity contribution in [3.05, 3.63) is 122 Å². The largest absolute Gasteiger partial charge is 0.394 e. The van der Waals surface area contributed by atoms with Crippen LogP contribution in [0.3, 0.4) is 0 Å². The van der Waals surface area contributed by atoms with Gasteiger partial charge in [0.05, 0.1) is 25.4 Å². The highest BCUT2D eigenvalue weighted by Crippen LogP contribution is 2.23. The van der Waals surface area contributed by atoms with E-state index in [0.29, 0.717) is 6.42 Å². The molecule has 0 saturated carbocycles. The van der Waals surface area contributed by atoms with Crippen LogP contribution in [0.4, 0.5) is 0 Å². The number of carbonyl (C=O) groups excluding carboxylic acids is 1. The zero-order valence-corrected chi connectivity index (χ0v) is 57.4. The highest BCUT2D eigenvalue weighted by atomic mass is 16.7. The molecule has 0 aromatic heterocycles. The number of hydrogen-bond donors (Lipinski definition) is 6. The molecule has 7 unspecified atom stereocenters. The second-order valence-corrected chi connectivity index (χ2v) is 25.4. The van der Waals surface area contributed by atoms with Gasteiger partial charge < -0.3 is 40.3 Å². The fourth-order valence-electron chi connectivity index (χ4n) is 11.3. The van der Waals surface area contributed by atoms with E-state index in [1.807, 2.05) is 6.08 Å². The van der Waals surface area contributed by atoms with E-state index < -0.39 is 49.5 Å². The molecular formula is C80H139NO8. The Morgan fingerprint density at radius 2 is 0.697 bits per heavy atom. The van der Waals surface area contributed by atoms with E-state index >= 15 is 0 Å². The van der Waals surface area contributed by atoms with Gasteiger partial charge >= 0.3 is 0 Å². The Morgan fingerprint density at radius 1 is 0.393 bits per heavy atom. The number of aliphatic hydroxyl groups is 5. The molecule has 0 aromatic carbocycles. The zero-order valence-electron chi connectivity index (χ0n) is 57.4. The topological polar surface area (TPSA) is 149 Å². The van der Waals surface area contributed by atoms with Gasteiger partial charge in [-0.25, -0.2) is 0 Å². The molecule has 1 fully saturated rings. The Bertz CT molecular complexity index is 1830. The van der Waals surface area contributed by atoms with E-state index in [9.17, 15) is 30.3 Å². The fourth-order valence-corrected chi connectivity index (χ4v) is 11.3. The Morgan fingerprint density at radius 3 is 1.03 bits per heavy atom. The number of carbonyl (C=O) groups is 1. The van der Waals surface area contributed by atoms with Gasteiger partial charge in [0.1, 0.15) is 24.4 Å². The van der Waals surface area contributed by atoms with Crippen molar-refractivity contribution in [1.29, 1.82) is 0 Å². The molecule has 0 bridgehead atoms. The van der Waals surface area contributed by atoms with Crippen molar-refractivity contribution in [3.63, 3.8) is 0 Å². The molecule has 1 aliphatic rings. The maximum absolute atomic E-state index is 13.2. The summed E-state index contributed by atoms with van der Waals surface area (Å²) in [5.41, 5.74) is 0. The third-order valence-corrected chi connectivity index (χ3v) is 17.0. The first-order valence-electron chi connectivity index (χ1n) is 37.3. The monoisotopic (exact) mass is 1240 g/mol. The summed E-state index contributed by atoms with van der Waals surface area (Å²) in [5, 5.41) is 54.8. The second-order valence-electron chi connectivity index (χ2n) is 25.4. The Balaban J connectivity index is 2.13. The van der Waals surface area contributed by atoms with Crippen molar-refractivity contribution in [2.45, 2.75) is 365 Å². The van der Waals surface area contributed by atoms with Crippen molar-refractivity contribution in [1.82, 2.24) is 5.32 Å². The van der Waals surface area contributed by atoms with Crippen LogP contribution in [0.25, 0.3) is 0 Å². The summed E-state index contributed by atoms with van der Waals surface area (Å²) in [6.07, 6.45) is 94.5. The molecule has 0 spiro atoms. The smallest absolute Gasteiger partial charge is 0.220 e. The maximum atomic E-state index is 13.2. The molecule has 1 amide bonds. The van der Waals surface area contributed by atoms with Crippen molar-refractivity contribution >= 4 is 5.91 Å². The van der Waals surface area contributed by atoms with E-state index in [2.05, 4.69) is 129 Å². The van der Waals surface area contributed by atoms with Gasteiger partial charge in [-0.2, -0.15) is 0 Å². The summed E-state index contributed by atoms with van der Waals surface area (Å²) >= 11 is 0. The van der Waals surface area contributed by atoms with Crippen LogP contribution in [0.1, 0.15) is 322 Å². The van der Waals surface area contributed by atoms with E-state index in [1.165, 1.54) is 199 Å². The van der Waals surface area contributed by atoms with Gasteiger partial charge in [-0.15, -0.1) is 0 Å². The SMILES string of the molecule is CC/C=C\C/C=C\C/C=C\C/C=C\C/C=C\C/C=C\C/C=C\C/C=C\C/C=C\CCCCCCCCCCCCCC(=O)NC(COC1OC(CO)C(O)C(O)C1O)C(O)/C=C/CCCCCCCCCCCCCCCCCCCCCCCCCCC. The molecule has 1 rings (SSSR count). The lowest BCUT2D eigenvalue weighted by atomic mass is 9.99. The second kappa shape index (κ2) is 67.5. The van der Waals surface area contributed by atoms with Gasteiger partial charge in [0.15, 0.2) is 6.29 Å². The third kappa shape index (κ3) is 55.9. The van der Waals surface area contributed by atoms with Gasteiger partial charge in [0, 0.05) is 6.42 Å². The van der Waals surface area contributed by atoms with E-state index in [-0.39, 0.29) is 12.5 Å². The van der Waals surface area contributed by atoms with Crippen molar-refractivity contribution in [2.75, 3.05) is 13.2 Å². The average molecular weight is 1240 g/mol. The minimum atomic E-state index is -1.57. The molecule has 9 heteroatoms. The average Bonchev–Trinajstić information content (AvgIpc) is 2.42. The van der Waals surface area contributed by atoms with Crippen LogP contribution in [-0.4, -0.2) is 87.5 Å². The van der Waals surface area contributed by atoms with E-state index in [1.54, 1.807) is 6.08 Å². The van der Waals surface area contributed by atoms with Crippen LogP contribution in [0.2, 0.25) is 0 Å². The number of allylic oxidation sites excluding steroid dienone is 19. The Labute approximate surface area is 548 Å². The molecule has 1 aliphatic heterocycles. The van der Waals surface area contributed by atoms with E-state index in [4.69, 9.17) is 9.47 Å². The molecule has 0 radical (unpaired) electrons. The molecule has 1 heterocycles. The Kier molecular flexibility index (Phi) is 63.4. The quantitative estimate of drug-likeness (QED) is 0.0261. The third-order valence-electron chi connectivity index (χ3n) is 17.0. The number of ether oxygens (including phenoxy) is 2. The van der Waals surface area contributed by atoms with Crippen molar-refractivity contribution < 1.29 is 39.8 Å². The lowest BCUT2D eigenvalue weighted by Crippen LogP contribution is -2.60. The molecule has 1 saturated heterocycles. The summed E-state index contributed by atoms with van der Waals surface area (Å²) in [5.74, 6) is -0.181. The lowest BCUT2D eigenvalue weighted by molar-refractivity contribution is -0.302. The van der Waals surface area contributed by atoms with Crippen LogP contribution in [0.5, 0.6) is 0 Å². The first kappa shape index (κ1) is 83.6. The number of aliphatic hydroxyl groups excluding tert-OH is 5. The fraction of sp³-hybridized carbons (Fsp3) is 0.738. The molecule has 512 valence electrons. The summed E-state index contributed by atoms with van der Waals surface area (Å²) in [6, 6.07) is -0.816. The molecule has 7 atom stereocenters. The summed E-state index contributed by atoms with van der Waals surface area (Å²) in [6.45, 7) is 3.69. The van der Waals surface area contributed by atoms with Crippen molar-refractivity contribution in [3.8, 4) is 0 Å². The number of amides is 1. The number of hydrogen-bond acceptors (Lipinski definition) is 8.